The van der Waals surface area contributed by atoms with Crippen molar-refractivity contribution in [2.24, 2.45) is 5.92 Å². The van der Waals surface area contributed by atoms with E-state index in [0.717, 1.165) is 51.9 Å². The monoisotopic (exact) mass is 404 g/mol. The first kappa shape index (κ1) is 19.1. The molecule has 7 nitrogen and oxygen atoms in total. The SMILES string of the molecule is O=C(c1cn[nH]c1)N1CCC(C2c3nc[nH]c3CCN2CCc2ccccc2)CC1. The molecule has 30 heavy (non-hydrogen) atoms. The van der Waals surface area contributed by atoms with Gasteiger partial charge in [-0.3, -0.25) is 14.8 Å². The van der Waals surface area contributed by atoms with E-state index in [2.05, 4.69) is 50.4 Å². The number of nitrogens with one attached hydrogen (secondary N) is 2. The normalized spacial score (nSPS) is 20.3. The number of hydrogen-bond acceptors (Lipinski definition) is 4. The Balaban J connectivity index is 1.28. The molecule has 1 amide bonds. The number of imidazole rings is 1. The van der Waals surface area contributed by atoms with Crippen molar-refractivity contribution in [3.05, 3.63) is 71.6 Å². The minimum absolute atomic E-state index is 0.0761. The summed E-state index contributed by atoms with van der Waals surface area (Å²) in [5, 5.41) is 6.65. The van der Waals surface area contributed by atoms with Crippen LogP contribution < -0.4 is 0 Å². The molecule has 7 heteroatoms. The highest BCUT2D eigenvalue weighted by atomic mass is 16.2. The van der Waals surface area contributed by atoms with Crippen molar-refractivity contribution >= 4 is 5.91 Å². The zero-order valence-corrected chi connectivity index (χ0v) is 17.1. The number of hydrogen-bond donors (Lipinski definition) is 2. The van der Waals surface area contributed by atoms with E-state index in [1.807, 2.05) is 11.2 Å². The molecule has 156 valence electrons. The van der Waals surface area contributed by atoms with Gasteiger partial charge in [0.1, 0.15) is 0 Å². The Morgan fingerprint density at radius 2 is 1.97 bits per heavy atom. The van der Waals surface area contributed by atoms with Crippen molar-refractivity contribution in [1.29, 1.82) is 0 Å². The van der Waals surface area contributed by atoms with Crippen molar-refractivity contribution in [2.45, 2.75) is 31.7 Å². The summed E-state index contributed by atoms with van der Waals surface area (Å²) in [7, 11) is 0. The van der Waals surface area contributed by atoms with Crippen molar-refractivity contribution in [1.82, 2.24) is 30.0 Å². The highest BCUT2D eigenvalue weighted by Gasteiger charge is 2.37. The maximum absolute atomic E-state index is 12.7. The lowest BCUT2D eigenvalue weighted by molar-refractivity contribution is 0.0549. The molecule has 0 spiro atoms. The molecule has 2 aromatic heterocycles. The fraction of sp³-hybridized carbons (Fsp3) is 0.435. The van der Waals surface area contributed by atoms with E-state index >= 15 is 0 Å². The Kier molecular flexibility index (Phi) is 5.36. The van der Waals surface area contributed by atoms with Gasteiger partial charge in [0, 0.05) is 44.5 Å². The van der Waals surface area contributed by atoms with E-state index in [9.17, 15) is 4.79 Å². The van der Waals surface area contributed by atoms with Gasteiger partial charge in [0.15, 0.2) is 0 Å². The summed E-state index contributed by atoms with van der Waals surface area (Å²) in [5.41, 5.74) is 4.52. The number of rotatable bonds is 5. The van der Waals surface area contributed by atoms with E-state index in [0.29, 0.717) is 17.5 Å². The van der Waals surface area contributed by atoms with Crippen LogP contribution in [0.4, 0.5) is 0 Å². The molecule has 4 heterocycles. The number of carbonyl (C=O) groups is 1. The third-order valence-corrected chi connectivity index (χ3v) is 6.62. The minimum atomic E-state index is 0.0761. The molecule has 0 bridgehead atoms. The minimum Gasteiger partial charge on any atom is -0.348 e. The number of benzene rings is 1. The predicted octanol–water partition coefficient (Wildman–Crippen LogP) is 2.83. The van der Waals surface area contributed by atoms with E-state index in [4.69, 9.17) is 4.98 Å². The first-order valence-corrected chi connectivity index (χ1v) is 10.9. The Hall–Kier alpha value is -2.93. The first-order chi connectivity index (χ1) is 14.8. The third-order valence-electron chi connectivity index (χ3n) is 6.62. The molecule has 0 radical (unpaired) electrons. The van der Waals surface area contributed by atoms with Gasteiger partial charge in [0.25, 0.3) is 5.91 Å². The van der Waals surface area contributed by atoms with Gasteiger partial charge >= 0.3 is 0 Å². The number of fused-ring (bicyclic) bond motifs is 1. The van der Waals surface area contributed by atoms with Crippen LogP contribution in [0.15, 0.2) is 49.1 Å². The van der Waals surface area contributed by atoms with E-state index in [-0.39, 0.29) is 5.91 Å². The zero-order chi connectivity index (χ0) is 20.3. The van der Waals surface area contributed by atoms with Gasteiger partial charge in [-0.15, -0.1) is 0 Å². The van der Waals surface area contributed by atoms with E-state index in [1.165, 1.54) is 17.0 Å². The molecular formula is C23H28N6O. The summed E-state index contributed by atoms with van der Waals surface area (Å²) in [5.74, 6) is 0.587. The molecule has 2 N–H and O–H groups in total. The Labute approximate surface area is 176 Å². The molecule has 0 aliphatic carbocycles. The summed E-state index contributed by atoms with van der Waals surface area (Å²) in [4.78, 5) is 25.3. The van der Waals surface area contributed by atoms with Crippen LogP contribution in [0.1, 0.15) is 46.2 Å². The summed E-state index contributed by atoms with van der Waals surface area (Å²) in [6.45, 7) is 3.67. The van der Waals surface area contributed by atoms with Gasteiger partial charge in [0.2, 0.25) is 0 Å². The molecular weight excluding hydrogens is 376 g/mol. The molecule has 3 aromatic rings. The molecule has 2 aliphatic rings. The second kappa shape index (κ2) is 8.44. The van der Waals surface area contributed by atoms with Crippen LogP contribution in [0.25, 0.3) is 0 Å². The van der Waals surface area contributed by atoms with E-state index in [1.54, 1.807) is 12.4 Å². The molecule has 1 aromatic carbocycles. The van der Waals surface area contributed by atoms with Crippen molar-refractivity contribution in [3.63, 3.8) is 0 Å². The van der Waals surface area contributed by atoms with Gasteiger partial charge in [-0.05, 0) is 30.7 Å². The lowest BCUT2D eigenvalue weighted by atomic mass is 9.83. The van der Waals surface area contributed by atoms with Gasteiger partial charge in [-0.1, -0.05) is 30.3 Å². The Morgan fingerprint density at radius 3 is 2.73 bits per heavy atom. The second-order valence-electron chi connectivity index (χ2n) is 8.35. The van der Waals surface area contributed by atoms with Crippen LogP contribution in [-0.4, -0.2) is 62.1 Å². The molecule has 1 saturated heterocycles. The molecule has 1 atom stereocenters. The number of H-pyrrole nitrogens is 2. The average Bonchev–Trinajstić information content (AvgIpc) is 3.50. The summed E-state index contributed by atoms with van der Waals surface area (Å²) in [6.07, 6.45) is 9.21. The van der Waals surface area contributed by atoms with Crippen LogP contribution in [-0.2, 0) is 12.8 Å². The maximum Gasteiger partial charge on any atom is 0.257 e. The van der Waals surface area contributed by atoms with Crippen LogP contribution in [0.3, 0.4) is 0 Å². The molecule has 2 aliphatic heterocycles. The number of likely N-dealkylation sites (tertiary alicyclic amines) is 1. The Morgan fingerprint density at radius 1 is 1.13 bits per heavy atom. The highest BCUT2D eigenvalue weighted by Crippen LogP contribution is 2.38. The maximum atomic E-state index is 12.7. The summed E-state index contributed by atoms with van der Waals surface area (Å²) >= 11 is 0. The number of aromatic nitrogens is 4. The number of piperidine rings is 1. The lowest BCUT2D eigenvalue weighted by Gasteiger charge is -2.43. The van der Waals surface area contributed by atoms with Crippen molar-refractivity contribution in [2.75, 3.05) is 26.2 Å². The molecule has 0 saturated carbocycles. The summed E-state index contributed by atoms with van der Waals surface area (Å²) in [6, 6.07) is 11.0. The third kappa shape index (κ3) is 3.77. The van der Waals surface area contributed by atoms with Crippen molar-refractivity contribution in [3.8, 4) is 0 Å². The average molecular weight is 405 g/mol. The summed E-state index contributed by atoms with van der Waals surface area (Å²) < 4.78 is 0. The number of carbonyl (C=O) groups excluding carboxylic acids is 1. The van der Waals surface area contributed by atoms with Gasteiger partial charge in [-0.2, -0.15) is 5.10 Å². The fourth-order valence-corrected chi connectivity index (χ4v) is 5.01. The van der Waals surface area contributed by atoms with Crippen LogP contribution in [0, 0.1) is 5.92 Å². The standard InChI is InChI=1S/C23H28N6O/c30-23(19-14-26-27-15-19)29-11-7-18(8-12-29)22-21-20(24-16-25-21)9-13-28(22)10-6-17-4-2-1-3-5-17/h1-5,14-16,18,22H,6-13H2,(H,24,25)(H,26,27). The second-order valence-corrected chi connectivity index (χ2v) is 8.35. The van der Waals surface area contributed by atoms with Gasteiger partial charge in [-0.25, -0.2) is 4.98 Å². The first-order valence-electron chi connectivity index (χ1n) is 10.9. The smallest absolute Gasteiger partial charge is 0.257 e. The predicted molar refractivity (Wildman–Crippen MR) is 114 cm³/mol. The Bertz CT molecular complexity index is 959. The molecule has 1 fully saturated rings. The van der Waals surface area contributed by atoms with Crippen LogP contribution in [0.5, 0.6) is 0 Å². The fourth-order valence-electron chi connectivity index (χ4n) is 5.01. The topological polar surface area (TPSA) is 80.9 Å². The van der Waals surface area contributed by atoms with Crippen LogP contribution in [0.2, 0.25) is 0 Å². The van der Waals surface area contributed by atoms with Crippen molar-refractivity contribution < 1.29 is 4.79 Å². The number of nitrogens with zero attached hydrogens (tertiary/aromatic N) is 4. The highest BCUT2D eigenvalue weighted by molar-refractivity contribution is 5.93. The number of amides is 1. The van der Waals surface area contributed by atoms with Gasteiger partial charge < -0.3 is 9.88 Å². The number of aromatic amines is 2. The molecule has 5 rings (SSSR count). The lowest BCUT2D eigenvalue weighted by Crippen LogP contribution is -2.45. The van der Waals surface area contributed by atoms with E-state index < -0.39 is 0 Å². The molecule has 1 unspecified atom stereocenters. The van der Waals surface area contributed by atoms with Crippen LogP contribution >= 0.6 is 0 Å². The van der Waals surface area contributed by atoms with Gasteiger partial charge in [0.05, 0.1) is 29.8 Å². The largest absolute Gasteiger partial charge is 0.348 e. The quantitative estimate of drug-likeness (QED) is 0.685. The zero-order valence-electron chi connectivity index (χ0n) is 17.1.